The molecule has 0 radical (unpaired) electrons. The van der Waals surface area contributed by atoms with Crippen LogP contribution in [0.3, 0.4) is 0 Å². The maximum atomic E-state index is 5.88. The molecule has 0 aliphatic carbocycles. The Balaban J connectivity index is 0.812. The zero-order chi connectivity index (χ0) is 64.4. The second-order valence-corrected chi connectivity index (χ2v) is 25.6. The minimum atomic E-state index is 0.628. The molecule has 0 unspecified atom stereocenters. The van der Waals surface area contributed by atoms with Gasteiger partial charge in [-0.15, -0.1) is 0 Å². The first-order chi connectivity index (χ1) is 48.6. The molecule has 20 aromatic rings. The second kappa shape index (κ2) is 22.2. The fourth-order valence-electron chi connectivity index (χ4n) is 15.8. The Morgan fingerprint density at radius 1 is 0.184 bits per heavy atom. The number of hydrogen-bond donors (Lipinski definition) is 0. The first-order valence-electron chi connectivity index (χ1n) is 33.5. The molecule has 0 bridgehead atoms. The predicted octanol–water partition coefficient (Wildman–Crippen LogP) is 24.0. The van der Waals surface area contributed by atoms with Gasteiger partial charge < -0.3 is 18.3 Å². The number of fused-ring (bicyclic) bond motifs is 13. The smallest absolute Gasteiger partial charge is 0.160 e. The maximum Gasteiger partial charge on any atom is 0.160 e. The van der Waals surface area contributed by atoms with Crippen LogP contribution in [0.2, 0.25) is 0 Å². The molecule has 0 aliphatic heterocycles. The fraction of sp³-hybridized carbons (Fsp3) is 0. The lowest BCUT2D eigenvalue weighted by molar-refractivity contribution is 1.13. The molecular formula is C92H58N6. The Bertz CT molecular complexity index is 6240. The van der Waals surface area contributed by atoms with Crippen LogP contribution in [0.5, 0.6) is 0 Å². The van der Waals surface area contributed by atoms with E-state index in [2.05, 4.69) is 370 Å². The van der Waals surface area contributed by atoms with E-state index in [1.54, 1.807) is 0 Å². The van der Waals surface area contributed by atoms with Crippen LogP contribution in [-0.4, -0.2) is 28.2 Å². The van der Waals surface area contributed by atoms with Crippen LogP contribution in [0.25, 0.3) is 188 Å². The van der Waals surface area contributed by atoms with Gasteiger partial charge in [-0.1, -0.05) is 231 Å². The lowest BCUT2D eigenvalue weighted by Gasteiger charge is -2.19. The van der Waals surface area contributed by atoms with Crippen LogP contribution < -0.4 is 0 Å². The molecule has 5 aromatic heterocycles. The number of rotatable bonds is 10. The van der Waals surface area contributed by atoms with E-state index in [0.29, 0.717) is 5.82 Å². The highest BCUT2D eigenvalue weighted by atomic mass is 15.0. The van der Waals surface area contributed by atoms with Crippen LogP contribution in [0.4, 0.5) is 0 Å². The predicted molar refractivity (Wildman–Crippen MR) is 410 cm³/mol. The van der Waals surface area contributed by atoms with E-state index >= 15 is 0 Å². The third-order valence-corrected chi connectivity index (χ3v) is 20.1. The van der Waals surface area contributed by atoms with E-state index in [1.165, 1.54) is 65.2 Å². The Labute approximate surface area is 564 Å². The maximum absolute atomic E-state index is 5.88. The normalized spacial score (nSPS) is 11.9. The van der Waals surface area contributed by atoms with Crippen LogP contribution >= 0.6 is 0 Å². The summed E-state index contributed by atoms with van der Waals surface area (Å²) >= 11 is 0. The van der Waals surface area contributed by atoms with Gasteiger partial charge in [0.25, 0.3) is 0 Å². The van der Waals surface area contributed by atoms with Crippen molar-refractivity contribution in [2.45, 2.75) is 0 Å². The van der Waals surface area contributed by atoms with Crippen molar-refractivity contribution in [1.82, 2.24) is 28.2 Å². The molecular weight excluding hydrogens is 1190 g/mol. The summed E-state index contributed by atoms with van der Waals surface area (Å²) in [6.07, 6.45) is 0. The van der Waals surface area contributed by atoms with Crippen molar-refractivity contribution in [2.24, 2.45) is 0 Å². The second-order valence-electron chi connectivity index (χ2n) is 25.6. The minimum absolute atomic E-state index is 0.628. The van der Waals surface area contributed by atoms with E-state index in [0.717, 1.165) is 117 Å². The topological polar surface area (TPSA) is 45.5 Å². The molecule has 0 saturated heterocycles. The number of aromatic nitrogens is 6. The zero-order valence-corrected chi connectivity index (χ0v) is 53.2. The monoisotopic (exact) mass is 1250 g/mol. The quantitative estimate of drug-likeness (QED) is 0.137. The van der Waals surface area contributed by atoms with Crippen molar-refractivity contribution in [1.29, 1.82) is 0 Å². The van der Waals surface area contributed by atoms with E-state index in [9.17, 15) is 0 Å². The molecule has 456 valence electrons. The Hall–Kier alpha value is -13.2. The SMILES string of the molecule is c1ccc(-c2cccc(-c3ccccc3)c2-c2nc(-c3cc(-n4c5ccccc5c5cc(-c6ccc7c(c6)c6ccccc6n7-c6ccccc6)ccc54)cc(-n4c5ccccc5c5cc(-c6ccc7c(c6)c6ccccc6n7-c6ccccc6)ccc54)c3)nc3ccccc23)cc1. The van der Waals surface area contributed by atoms with E-state index < -0.39 is 0 Å². The molecule has 98 heavy (non-hydrogen) atoms. The lowest BCUT2D eigenvalue weighted by atomic mass is 9.88. The molecule has 6 heteroatoms. The van der Waals surface area contributed by atoms with Crippen LogP contribution in [0, 0.1) is 0 Å². The first kappa shape index (κ1) is 55.3. The van der Waals surface area contributed by atoms with Crippen molar-refractivity contribution >= 4 is 98.1 Å². The van der Waals surface area contributed by atoms with E-state index in [4.69, 9.17) is 9.97 Å². The average molecular weight is 1250 g/mol. The van der Waals surface area contributed by atoms with Gasteiger partial charge in [0.05, 0.1) is 55.3 Å². The number of hydrogen-bond acceptors (Lipinski definition) is 2. The molecule has 0 N–H and O–H groups in total. The zero-order valence-electron chi connectivity index (χ0n) is 53.2. The summed E-state index contributed by atoms with van der Waals surface area (Å²) in [5.74, 6) is 0.628. The van der Waals surface area contributed by atoms with Gasteiger partial charge in [-0.25, -0.2) is 9.97 Å². The molecule has 20 rings (SSSR count). The number of benzene rings is 15. The van der Waals surface area contributed by atoms with Crippen LogP contribution in [0.1, 0.15) is 0 Å². The summed E-state index contributed by atoms with van der Waals surface area (Å²) in [5.41, 5.74) is 26.1. The molecule has 5 heterocycles. The van der Waals surface area contributed by atoms with Crippen molar-refractivity contribution in [2.75, 3.05) is 0 Å². The van der Waals surface area contributed by atoms with Gasteiger partial charge in [-0.2, -0.15) is 0 Å². The Morgan fingerprint density at radius 2 is 0.500 bits per heavy atom. The summed E-state index contributed by atoms with van der Waals surface area (Å²) in [5, 5.41) is 10.5. The highest BCUT2D eigenvalue weighted by Crippen LogP contribution is 2.46. The minimum Gasteiger partial charge on any atom is -0.309 e. The van der Waals surface area contributed by atoms with Gasteiger partial charge in [0, 0.05) is 82.4 Å². The first-order valence-corrected chi connectivity index (χ1v) is 33.5. The lowest BCUT2D eigenvalue weighted by Crippen LogP contribution is -2.02. The highest BCUT2D eigenvalue weighted by Gasteiger charge is 2.24. The molecule has 0 amide bonds. The molecule has 0 saturated carbocycles. The third-order valence-electron chi connectivity index (χ3n) is 20.1. The van der Waals surface area contributed by atoms with Crippen molar-refractivity contribution in [3.05, 3.63) is 352 Å². The summed E-state index contributed by atoms with van der Waals surface area (Å²) in [7, 11) is 0. The van der Waals surface area contributed by atoms with E-state index in [1.807, 2.05) is 0 Å². The third kappa shape index (κ3) is 8.75. The van der Waals surface area contributed by atoms with Crippen molar-refractivity contribution in [3.8, 4) is 89.9 Å². The Morgan fingerprint density at radius 3 is 0.888 bits per heavy atom. The summed E-state index contributed by atoms with van der Waals surface area (Å²) < 4.78 is 9.67. The van der Waals surface area contributed by atoms with E-state index in [-0.39, 0.29) is 0 Å². The standard InChI is InChI=1S/C92H58N6/c1-5-24-59(25-6-1)70-37-23-38-71(60-26-7-2-8-27-60)90(70)91-76-36-13-18-39-81(76)93-92(94-91)65-52-68(97-84-42-21-16-34-74(84)79-56-63(46-50-88(79)97)61-44-48-86-77(54-61)72-32-14-19-40-82(72)95(86)66-28-9-3-10-29-66)58-69(53-65)98-85-43-22-17-35-75(85)80-57-64(47-51-89(80)98)62-45-49-87-78(55-62)73-33-15-20-41-83(73)96(87)67-30-11-4-12-31-67/h1-58H. The molecule has 6 nitrogen and oxygen atoms in total. The van der Waals surface area contributed by atoms with Gasteiger partial charge in [0.1, 0.15) is 0 Å². The number of para-hydroxylation sites is 7. The number of nitrogens with zero attached hydrogens (tertiary/aromatic N) is 6. The average Bonchev–Trinajstić information content (AvgIpc) is 1.57. The summed E-state index contributed by atoms with van der Waals surface area (Å²) in [6, 6.07) is 128. The summed E-state index contributed by atoms with van der Waals surface area (Å²) in [6.45, 7) is 0. The molecule has 0 atom stereocenters. The Kier molecular flexibility index (Phi) is 12.6. The molecule has 15 aromatic carbocycles. The van der Waals surface area contributed by atoms with Crippen LogP contribution in [0.15, 0.2) is 352 Å². The van der Waals surface area contributed by atoms with Crippen molar-refractivity contribution in [3.63, 3.8) is 0 Å². The molecule has 0 aliphatic rings. The summed E-state index contributed by atoms with van der Waals surface area (Å²) in [4.78, 5) is 11.5. The van der Waals surface area contributed by atoms with Gasteiger partial charge in [0.15, 0.2) is 5.82 Å². The van der Waals surface area contributed by atoms with Gasteiger partial charge in [-0.05, 0) is 166 Å². The molecule has 0 fully saturated rings. The largest absolute Gasteiger partial charge is 0.309 e. The van der Waals surface area contributed by atoms with Gasteiger partial charge >= 0.3 is 0 Å². The van der Waals surface area contributed by atoms with Crippen molar-refractivity contribution < 1.29 is 0 Å². The van der Waals surface area contributed by atoms with Crippen LogP contribution in [-0.2, 0) is 0 Å². The van der Waals surface area contributed by atoms with Gasteiger partial charge in [-0.3, -0.25) is 0 Å². The molecule has 0 spiro atoms. The highest BCUT2D eigenvalue weighted by molar-refractivity contribution is 6.15. The fourth-order valence-corrected chi connectivity index (χ4v) is 15.8. The van der Waals surface area contributed by atoms with Gasteiger partial charge in [0.2, 0.25) is 0 Å².